The molecule has 5 rings (SSSR count). The fraction of sp³-hybridized carbons (Fsp3) is 0.353. The maximum Gasteiger partial charge on any atom is 0.177 e. The van der Waals surface area contributed by atoms with Crippen LogP contribution < -0.4 is 0 Å². The smallest absolute Gasteiger partial charge is 0.177 e. The second-order valence-electron chi connectivity index (χ2n) is 6.81. The second-order valence-corrected chi connectivity index (χ2v) is 7.17. The maximum atomic E-state index is 6.24. The summed E-state index contributed by atoms with van der Waals surface area (Å²) in [5.74, 6) is 1.52. The van der Waals surface area contributed by atoms with Gasteiger partial charge in [0.05, 0.1) is 11.4 Å². The van der Waals surface area contributed by atoms with Gasteiger partial charge in [-0.25, -0.2) is 0 Å². The van der Waals surface area contributed by atoms with Crippen LogP contribution in [-0.2, 0) is 14.1 Å². The van der Waals surface area contributed by atoms with Crippen LogP contribution in [-0.4, -0.2) is 39.4 Å². The normalized spacial score (nSPS) is 19.4. The molecule has 0 aliphatic heterocycles. The lowest BCUT2D eigenvalue weighted by atomic mass is 10.1. The van der Waals surface area contributed by atoms with Crippen LogP contribution in [0.1, 0.15) is 35.3 Å². The summed E-state index contributed by atoms with van der Waals surface area (Å²) in [5, 5.41) is 22.3. The van der Waals surface area contributed by atoms with Gasteiger partial charge in [0.15, 0.2) is 16.6 Å². The number of aryl methyl sites for hydroxylation is 3. The van der Waals surface area contributed by atoms with E-state index in [1.807, 2.05) is 44.0 Å². The minimum atomic E-state index is 0.372. The van der Waals surface area contributed by atoms with Crippen molar-refractivity contribution >= 4 is 17.2 Å². The lowest BCUT2D eigenvalue weighted by Gasteiger charge is -2.01. The zero-order chi connectivity index (χ0) is 18.0. The third-order valence-corrected chi connectivity index (χ3v) is 5.25. The number of hydrogen-bond acceptors (Lipinski definition) is 5. The minimum absolute atomic E-state index is 0.372. The Bertz CT molecular complexity index is 1140. The lowest BCUT2D eigenvalue weighted by Crippen LogP contribution is -2.00. The Morgan fingerprint density at radius 2 is 1.92 bits per heavy atom. The van der Waals surface area contributed by atoms with Crippen LogP contribution >= 0.6 is 11.6 Å². The summed E-state index contributed by atoms with van der Waals surface area (Å²) in [6.45, 7) is 1.89. The van der Waals surface area contributed by atoms with E-state index >= 15 is 0 Å². The van der Waals surface area contributed by atoms with E-state index in [-0.39, 0.29) is 0 Å². The molecule has 0 saturated heterocycles. The van der Waals surface area contributed by atoms with Gasteiger partial charge in [-0.2, -0.15) is 19.8 Å². The highest BCUT2D eigenvalue weighted by Gasteiger charge is 2.43. The molecule has 8 nitrogen and oxygen atoms in total. The maximum absolute atomic E-state index is 6.24. The molecule has 132 valence electrons. The van der Waals surface area contributed by atoms with Gasteiger partial charge in [0, 0.05) is 31.8 Å². The molecule has 0 aromatic carbocycles. The fourth-order valence-corrected chi connectivity index (χ4v) is 3.85. The number of halogens is 1. The topological polar surface area (TPSA) is 78.7 Å². The first-order valence-electron chi connectivity index (χ1n) is 8.43. The van der Waals surface area contributed by atoms with Crippen LogP contribution in [0.4, 0.5) is 0 Å². The highest BCUT2D eigenvalue weighted by Crippen LogP contribution is 2.55. The first-order valence-corrected chi connectivity index (χ1v) is 8.81. The average Bonchev–Trinajstić information content (AvgIpc) is 3.01. The van der Waals surface area contributed by atoms with E-state index < -0.39 is 0 Å². The molecule has 26 heavy (non-hydrogen) atoms. The zero-order valence-corrected chi connectivity index (χ0v) is 15.4. The molecule has 0 bridgehead atoms. The van der Waals surface area contributed by atoms with Gasteiger partial charge >= 0.3 is 0 Å². The van der Waals surface area contributed by atoms with Crippen LogP contribution in [0, 0.1) is 6.92 Å². The van der Waals surface area contributed by atoms with Crippen molar-refractivity contribution in [3.05, 3.63) is 46.6 Å². The van der Waals surface area contributed by atoms with Crippen LogP contribution in [0.3, 0.4) is 0 Å². The molecule has 4 aromatic heterocycles. The monoisotopic (exact) mass is 368 g/mol. The molecule has 1 saturated carbocycles. The van der Waals surface area contributed by atoms with E-state index in [0.29, 0.717) is 17.0 Å². The van der Waals surface area contributed by atoms with Gasteiger partial charge in [0.25, 0.3) is 0 Å². The third-order valence-electron chi connectivity index (χ3n) is 4.96. The molecule has 2 atom stereocenters. The Kier molecular flexibility index (Phi) is 3.21. The molecule has 0 amide bonds. The summed E-state index contributed by atoms with van der Waals surface area (Å²) in [5.41, 5.74) is 4.72. The minimum Gasteiger partial charge on any atom is -0.274 e. The van der Waals surface area contributed by atoms with Crippen molar-refractivity contribution in [1.29, 1.82) is 0 Å². The van der Waals surface area contributed by atoms with Gasteiger partial charge in [-0.15, -0.1) is 10.2 Å². The Morgan fingerprint density at radius 3 is 2.69 bits per heavy atom. The van der Waals surface area contributed by atoms with Gasteiger partial charge in [-0.1, -0.05) is 11.6 Å². The summed E-state index contributed by atoms with van der Waals surface area (Å²) in [4.78, 5) is 0. The molecule has 1 aliphatic carbocycles. The van der Waals surface area contributed by atoms with Crippen LogP contribution in [0.2, 0.25) is 5.15 Å². The zero-order valence-electron chi connectivity index (χ0n) is 14.6. The Hall–Kier alpha value is -2.74. The van der Waals surface area contributed by atoms with Crippen molar-refractivity contribution in [2.24, 2.45) is 14.1 Å². The van der Waals surface area contributed by atoms with Crippen molar-refractivity contribution in [3.63, 3.8) is 0 Å². The Balaban J connectivity index is 1.48. The number of fused-ring (bicyclic) bond motifs is 1. The molecule has 1 fully saturated rings. The van der Waals surface area contributed by atoms with Gasteiger partial charge in [-0.3, -0.25) is 9.36 Å². The number of nitrogens with zero attached hydrogens (tertiary/aromatic N) is 8. The lowest BCUT2D eigenvalue weighted by molar-refractivity contribution is 0.741. The standard InChI is InChI=1S/C17H17ClN8/c1-9-19-20-16-5-4-13(22-26(9)16)15-7-14(21-25(15)3)11-6-10(11)12-8-24(2)23-17(12)18/h4-5,7-8,10-11H,6H2,1-3H3/t10-,11-/m1/s1. The molecule has 0 radical (unpaired) electrons. The average molecular weight is 369 g/mol. The van der Waals surface area contributed by atoms with Crippen molar-refractivity contribution in [2.75, 3.05) is 0 Å². The highest BCUT2D eigenvalue weighted by atomic mass is 35.5. The van der Waals surface area contributed by atoms with Crippen LogP contribution in [0.5, 0.6) is 0 Å². The predicted molar refractivity (Wildman–Crippen MR) is 96.0 cm³/mol. The molecule has 4 aromatic rings. The molecule has 0 unspecified atom stereocenters. The Labute approximate surface area is 154 Å². The van der Waals surface area contributed by atoms with Crippen LogP contribution in [0.15, 0.2) is 24.4 Å². The van der Waals surface area contributed by atoms with Crippen molar-refractivity contribution in [1.82, 2.24) is 39.4 Å². The molecule has 0 spiro atoms. The van der Waals surface area contributed by atoms with Crippen LogP contribution in [0.25, 0.3) is 17.0 Å². The molecule has 1 aliphatic rings. The van der Waals surface area contributed by atoms with Gasteiger partial charge in [0.2, 0.25) is 0 Å². The van der Waals surface area contributed by atoms with E-state index in [4.69, 9.17) is 16.7 Å². The summed E-state index contributed by atoms with van der Waals surface area (Å²) in [6, 6.07) is 5.99. The highest BCUT2D eigenvalue weighted by molar-refractivity contribution is 6.30. The first kappa shape index (κ1) is 15.5. The first-order chi connectivity index (χ1) is 12.5. The molecule has 4 heterocycles. The van der Waals surface area contributed by atoms with E-state index in [0.717, 1.165) is 40.5 Å². The number of hydrogen-bond donors (Lipinski definition) is 0. The Morgan fingerprint density at radius 1 is 1.08 bits per heavy atom. The number of rotatable bonds is 3. The summed E-state index contributed by atoms with van der Waals surface area (Å²) in [7, 11) is 3.83. The van der Waals surface area contributed by atoms with Gasteiger partial charge in [-0.05, 0) is 37.5 Å². The fourth-order valence-electron chi connectivity index (χ4n) is 3.54. The van der Waals surface area contributed by atoms with E-state index in [2.05, 4.69) is 26.5 Å². The molecular weight excluding hydrogens is 352 g/mol. The molecule has 9 heteroatoms. The van der Waals surface area contributed by atoms with E-state index in [9.17, 15) is 0 Å². The second kappa shape index (κ2) is 5.38. The number of aromatic nitrogens is 8. The van der Waals surface area contributed by atoms with Crippen molar-refractivity contribution < 1.29 is 0 Å². The quantitative estimate of drug-likeness (QED) is 0.555. The molecular formula is C17H17ClN8. The third kappa shape index (κ3) is 2.33. The van der Waals surface area contributed by atoms with E-state index in [1.54, 1.807) is 9.20 Å². The predicted octanol–water partition coefficient (Wildman–Crippen LogP) is 2.49. The largest absolute Gasteiger partial charge is 0.274 e. The summed E-state index contributed by atoms with van der Waals surface area (Å²) < 4.78 is 5.39. The van der Waals surface area contributed by atoms with Crippen molar-refractivity contribution in [3.8, 4) is 11.4 Å². The SMILES string of the molecule is Cc1nnc2ccc(-c3cc([C@@H]4C[C@H]4c4cn(C)nc4Cl)nn3C)nn12. The van der Waals surface area contributed by atoms with Gasteiger partial charge in [0.1, 0.15) is 5.69 Å². The summed E-state index contributed by atoms with van der Waals surface area (Å²) in [6.07, 6.45) is 3.04. The van der Waals surface area contributed by atoms with Gasteiger partial charge < -0.3 is 0 Å². The van der Waals surface area contributed by atoms with E-state index in [1.165, 1.54) is 0 Å². The van der Waals surface area contributed by atoms with Crippen molar-refractivity contribution in [2.45, 2.75) is 25.2 Å². The summed E-state index contributed by atoms with van der Waals surface area (Å²) >= 11 is 6.24. The molecule has 0 N–H and O–H groups in total.